The van der Waals surface area contributed by atoms with E-state index in [9.17, 15) is 4.39 Å². The molecule has 0 bridgehead atoms. The quantitative estimate of drug-likeness (QED) is 0.768. The average molecular weight is 252 g/mol. The molecule has 1 aromatic carbocycles. The van der Waals surface area contributed by atoms with E-state index in [0.717, 1.165) is 5.69 Å². The molecule has 0 spiro atoms. The van der Waals surface area contributed by atoms with Crippen molar-refractivity contribution in [3.63, 3.8) is 0 Å². The Bertz CT molecular complexity index is 531. The van der Waals surface area contributed by atoms with Gasteiger partial charge in [-0.25, -0.2) is 4.39 Å². The van der Waals surface area contributed by atoms with E-state index < -0.39 is 0 Å². The Morgan fingerprint density at radius 1 is 1.24 bits per heavy atom. The van der Waals surface area contributed by atoms with Crippen molar-refractivity contribution in [3.05, 3.63) is 53.6 Å². The molecule has 0 atom stereocenters. The largest absolute Gasteiger partial charge is 0.457 e. The third-order valence-corrected chi connectivity index (χ3v) is 2.56. The monoisotopic (exact) mass is 251 g/mol. The molecule has 88 valence electrons. The van der Waals surface area contributed by atoms with Crippen molar-refractivity contribution in [1.82, 2.24) is 4.98 Å². The Kier molecular flexibility index (Phi) is 3.59. The number of ether oxygens (including phenoxy) is 1. The van der Waals surface area contributed by atoms with Gasteiger partial charge in [-0.15, -0.1) is 11.6 Å². The van der Waals surface area contributed by atoms with Crippen LogP contribution in [0.25, 0.3) is 0 Å². The van der Waals surface area contributed by atoms with Crippen molar-refractivity contribution in [2.45, 2.75) is 12.8 Å². The third-order valence-electron chi connectivity index (χ3n) is 2.29. The van der Waals surface area contributed by atoms with Crippen molar-refractivity contribution >= 4 is 11.6 Å². The van der Waals surface area contributed by atoms with Gasteiger partial charge in [0.05, 0.1) is 11.6 Å². The van der Waals surface area contributed by atoms with Gasteiger partial charge in [-0.2, -0.15) is 0 Å². The van der Waals surface area contributed by atoms with E-state index in [4.69, 9.17) is 16.3 Å². The van der Waals surface area contributed by atoms with Crippen LogP contribution in [0.3, 0.4) is 0 Å². The molecule has 0 fully saturated rings. The number of aryl methyl sites for hydroxylation is 1. The summed E-state index contributed by atoms with van der Waals surface area (Å²) in [5, 5.41) is 0. The van der Waals surface area contributed by atoms with Crippen molar-refractivity contribution in [3.8, 4) is 11.5 Å². The van der Waals surface area contributed by atoms with Gasteiger partial charge in [0.15, 0.2) is 0 Å². The number of hydrogen-bond donors (Lipinski definition) is 0. The lowest BCUT2D eigenvalue weighted by atomic mass is 10.2. The summed E-state index contributed by atoms with van der Waals surface area (Å²) in [7, 11) is 0. The number of halogens is 2. The minimum Gasteiger partial charge on any atom is -0.457 e. The molecule has 17 heavy (non-hydrogen) atoms. The molecule has 2 rings (SSSR count). The number of benzene rings is 1. The van der Waals surface area contributed by atoms with Crippen LogP contribution in [0.5, 0.6) is 11.5 Å². The molecule has 0 radical (unpaired) electrons. The first-order chi connectivity index (χ1) is 8.19. The lowest BCUT2D eigenvalue weighted by Gasteiger charge is -2.07. The first kappa shape index (κ1) is 11.9. The molecule has 0 aliphatic rings. The zero-order chi connectivity index (χ0) is 12.3. The maximum atomic E-state index is 13.1. The molecule has 0 N–H and O–H groups in total. The maximum Gasteiger partial charge on any atom is 0.130 e. The predicted octanol–water partition coefficient (Wildman–Crippen LogP) is 4.06. The molecule has 0 aliphatic heterocycles. The van der Waals surface area contributed by atoms with Crippen molar-refractivity contribution in [2.24, 2.45) is 0 Å². The molecular weight excluding hydrogens is 241 g/mol. The van der Waals surface area contributed by atoms with Crippen LogP contribution < -0.4 is 4.74 Å². The Balaban J connectivity index is 2.22. The molecular formula is C13H11ClFNO. The Morgan fingerprint density at radius 2 is 2.00 bits per heavy atom. The van der Waals surface area contributed by atoms with E-state index >= 15 is 0 Å². The molecule has 2 nitrogen and oxygen atoms in total. The Hall–Kier alpha value is -1.61. The molecule has 4 heteroatoms. The van der Waals surface area contributed by atoms with Crippen LogP contribution in [0.4, 0.5) is 4.39 Å². The van der Waals surface area contributed by atoms with E-state index in [1.54, 1.807) is 37.4 Å². The van der Waals surface area contributed by atoms with Crippen molar-refractivity contribution < 1.29 is 9.13 Å². The van der Waals surface area contributed by atoms with Crippen molar-refractivity contribution in [2.75, 3.05) is 0 Å². The number of aromatic nitrogens is 1. The number of hydrogen-bond acceptors (Lipinski definition) is 2. The summed E-state index contributed by atoms with van der Waals surface area (Å²) in [6.45, 7) is 1.69. The second-order valence-corrected chi connectivity index (χ2v) is 3.90. The normalized spacial score (nSPS) is 10.3. The first-order valence-electron chi connectivity index (χ1n) is 5.14. The molecule has 2 aromatic rings. The molecule has 0 unspecified atom stereocenters. The van der Waals surface area contributed by atoms with E-state index in [-0.39, 0.29) is 5.82 Å². The van der Waals surface area contributed by atoms with E-state index in [1.807, 2.05) is 0 Å². The summed E-state index contributed by atoms with van der Waals surface area (Å²) in [5.74, 6) is 1.32. The SMILES string of the molecule is Cc1cc(Oc2ccnc(CCl)c2)ccc1F. The fraction of sp³-hybridized carbons (Fsp3) is 0.154. The first-order valence-corrected chi connectivity index (χ1v) is 5.67. The highest BCUT2D eigenvalue weighted by atomic mass is 35.5. The van der Waals surface area contributed by atoms with Crippen LogP contribution in [0, 0.1) is 12.7 Å². The van der Waals surface area contributed by atoms with Gasteiger partial charge >= 0.3 is 0 Å². The molecule has 0 saturated carbocycles. The standard InChI is InChI=1S/C13H11ClFNO/c1-9-6-11(2-3-13(9)15)17-12-4-5-16-10(7-12)8-14/h2-7H,8H2,1H3. The fourth-order valence-corrected chi connectivity index (χ4v) is 1.56. The van der Waals surface area contributed by atoms with Crippen LogP contribution in [-0.4, -0.2) is 4.98 Å². The lowest BCUT2D eigenvalue weighted by molar-refractivity contribution is 0.478. The van der Waals surface area contributed by atoms with Crippen LogP contribution >= 0.6 is 11.6 Å². The van der Waals surface area contributed by atoms with Gasteiger partial charge in [0.1, 0.15) is 17.3 Å². The van der Waals surface area contributed by atoms with Gasteiger partial charge in [-0.3, -0.25) is 4.98 Å². The summed E-state index contributed by atoms with van der Waals surface area (Å²) < 4.78 is 18.7. The number of nitrogens with zero attached hydrogens (tertiary/aromatic N) is 1. The summed E-state index contributed by atoms with van der Waals surface area (Å²) >= 11 is 5.68. The zero-order valence-corrected chi connectivity index (χ0v) is 10.0. The average Bonchev–Trinajstić information content (AvgIpc) is 2.34. The second kappa shape index (κ2) is 5.15. The van der Waals surface area contributed by atoms with E-state index in [1.165, 1.54) is 6.07 Å². The molecule has 1 aromatic heterocycles. The van der Waals surface area contributed by atoms with Gasteiger partial charge in [-0.05, 0) is 36.8 Å². The summed E-state index contributed by atoms with van der Waals surface area (Å²) in [4.78, 5) is 4.06. The predicted molar refractivity (Wildman–Crippen MR) is 65.0 cm³/mol. The van der Waals surface area contributed by atoms with Crippen molar-refractivity contribution in [1.29, 1.82) is 0 Å². The smallest absolute Gasteiger partial charge is 0.130 e. The highest BCUT2D eigenvalue weighted by molar-refractivity contribution is 6.16. The Morgan fingerprint density at radius 3 is 2.71 bits per heavy atom. The molecule has 1 heterocycles. The van der Waals surface area contributed by atoms with Gasteiger partial charge in [0.2, 0.25) is 0 Å². The highest BCUT2D eigenvalue weighted by Crippen LogP contribution is 2.23. The van der Waals surface area contributed by atoms with Gasteiger partial charge in [-0.1, -0.05) is 0 Å². The van der Waals surface area contributed by atoms with Gasteiger partial charge in [0, 0.05) is 12.3 Å². The maximum absolute atomic E-state index is 13.1. The zero-order valence-electron chi connectivity index (χ0n) is 9.28. The number of pyridine rings is 1. The summed E-state index contributed by atoms with van der Waals surface area (Å²) in [6.07, 6.45) is 1.63. The minimum atomic E-state index is -0.242. The Labute approximate surface area is 104 Å². The van der Waals surface area contributed by atoms with Gasteiger partial charge in [0.25, 0.3) is 0 Å². The van der Waals surface area contributed by atoms with E-state index in [2.05, 4.69) is 4.98 Å². The molecule has 0 saturated heterocycles. The fourth-order valence-electron chi connectivity index (χ4n) is 1.41. The summed E-state index contributed by atoms with van der Waals surface area (Å²) in [5.41, 5.74) is 1.29. The van der Waals surface area contributed by atoms with Crippen LogP contribution in [0.2, 0.25) is 0 Å². The third kappa shape index (κ3) is 2.94. The lowest BCUT2D eigenvalue weighted by Crippen LogP contribution is -1.90. The van der Waals surface area contributed by atoms with Gasteiger partial charge < -0.3 is 4.74 Å². The van der Waals surface area contributed by atoms with E-state index in [0.29, 0.717) is 22.9 Å². The molecule has 0 amide bonds. The topological polar surface area (TPSA) is 22.1 Å². The molecule has 0 aliphatic carbocycles. The van der Waals surface area contributed by atoms with Crippen LogP contribution in [0.1, 0.15) is 11.3 Å². The van der Waals surface area contributed by atoms with Crippen LogP contribution in [0.15, 0.2) is 36.5 Å². The number of rotatable bonds is 3. The summed E-state index contributed by atoms with van der Waals surface area (Å²) in [6, 6.07) is 8.11. The van der Waals surface area contributed by atoms with Crippen LogP contribution in [-0.2, 0) is 5.88 Å². The number of alkyl halides is 1. The highest BCUT2D eigenvalue weighted by Gasteiger charge is 2.02. The minimum absolute atomic E-state index is 0.242. The second-order valence-electron chi connectivity index (χ2n) is 3.63.